The number of tetrazole rings is 1. The molecular weight excluding hydrogens is 717 g/mol. The summed E-state index contributed by atoms with van der Waals surface area (Å²) >= 11 is 0. The summed E-state index contributed by atoms with van der Waals surface area (Å²) in [6, 6.07) is 63.5. The van der Waals surface area contributed by atoms with Crippen molar-refractivity contribution in [2.75, 3.05) is 0 Å². The lowest BCUT2D eigenvalue weighted by molar-refractivity contribution is 0.292. The van der Waals surface area contributed by atoms with Crippen LogP contribution < -0.4 is 9.47 Å². The molecule has 0 aliphatic rings. The van der Waals surface area contributed by atoms with Gasteiger partial charge < -0.3 is 9.47 Å². The van der Waals surface area contributed by atoms with Crippen LogP contribution in [-0.4, -0.2) is 30.2 Å². The average molecular weight is 757 g/mol. The van der Waals surface area contributed by atoms with Gasteiger partial charge in [-0.25, -0.2) is 4.98 Å². The van der Waals surface area contributed by atoms with Crippen LogP contribution in [0, 0.1) is 0 Å². The van der Waals surface area contributed by atoms with Crippen LogP contribution in [-0.2, 0) is 25.2 Å². The van der Waals surface area contributed by atoms with E-state index in [-0.39, 0.29) is 6.61 Å². The topological polar surface area (TPSA) is 87.8 Å². The van der Waals surface area contributed by atoms with Crippen LogP contribution >= 0.6 is 0 Å². The van der Waals surface area contributed by atoms with Crippen molar-refractivity contribution in [3.05, 3.63) is 222 Å². The first-order valence-electron chi connectivity index (χ1n) is 19.4. The number of benzene rings is 6. The molecule has 58 heavy (non-hydrogen) atoms. The predicted octanol–water partition coefficient (Wildman–Crippen LogP) is 10.5. The van der Waals surface area contributed by atoms with E-state index >= 15 is 0 Å². The molecule has 0 aliphatic carbocycles. The predicted molar refractivity (Wildman–Crippen MR) is 227 cm³/mol. The molecule has 0 saturated carbocycles. The molecule has 8 heteroatoms. The number of aryl methyl sites for hydroxylation is 1. The second kappa shape index (κ2) is 16.3. The molecule has 6 aromatic carbocycles. The number of fused-ring (bicyclic) bond motifs is 1. The summed E-state index contributed by atoms with van der Waals surface area (Å²) in [6.07, 6.45) is 0.756. The van der Waals surface area contributed by atoms with E-state index in [4.69, 9.17) is 34.9 Å². The van der Waals surface area contributed by atoms with Crippen LogP contribution in [0.1, 0.15) is 40.4 Å². The molecule has 0 unspecified atom stereocenters. The minimum absolute atomic E-state index is 0.275. The Labute approximate surface area is 337 Å². The zero-order chi connectivity index (χ0) is 39.2. The molecule has 3 aromatic heterocycles. The van der Waals surface area contributed by atoms with Crippen LogP contribution in [0.15, 0.2) is 188 Å². The van der Waals surface area contributed by atoms with Crippen LogP contribution in [0.25, 0.3) is 33.5 Å². The number of pyridine rings is 2. The van der Waals surface area contributed by atoms with Crippen LogP contribution in [0.2, 0.25) is 0 Å². The van der Waals surface area contributed by atoms with Crippen molar-refractivity contribution in [1.29, 1.82) is 0 Å². The minimum Gasteiger partial charge on any atom is -0.486 e. The Hall–Kier alpha value is -7.45. The van der Waals surface area contributed by atoms with Gasteiger partial charge in [0.05, 0.1) is 5.52 Å². The van der Waals surface area contributed by atoms with E-state index in [9.17, 15) is 0 Å². The zero-order valence-corrected chi connectivity index (χ0v) is 32.0. The molecule has 9 rings (SSSR count). The van der Waals surface area contributed by atoms with Gasteiger partial charge in [0.15, 0.2) is 5.54 Å². The lowest BCUT2D eigenvalue weighted by atomic mass is 9.77. The average Bonchev–Trinajstić information content (AvgIpc) is 3.80. The van der Waals surface area contributed by atoms with E-state index < -0.39 is 5.54 Å². The highest BCUT2D eigenvalue weighted by atomic mass is 16.5. The van der Waals surface area contributed by atoms with Gasteiger partial charge in [0.2, 0.25) is 11.7 Å². The molecule has 282 valence electrons. The van der Waals surface area contributed by atoms with Crippen molar-refractivity contribution in [2.24, 2.45) is 0 Å². The number of hydrogen-bond acceptors (Lipinski definition) is 7. The number of rotatable bonds is 13. The summed E-state index contributed by atoms with van der Waals surface area (Å²) in [7, 11) is 0. The molecule has 0 amide bonds. The minimum atomic E-state index is -0.904. The van der Waals surface area contributed by atoms with Gasteiger partial charge in [0.1, 0.15) is 24.5 Å². The molecule has 8 nitrogen and oxygen atoms in total. The largest absolute Gasteiger partial charge is 0.486 e. The quantitative estimate of drug-likeness (QED) is 0.108. The standard InChI is InChI=1S/C50H40N6O2/c1-2-42-33-46(48-45(51-42)30-31-47(52-48)58-34-36-18-8-3-9-19-36)57-35-37-28-29-43(38-20-10-4-11-21-38)44(32-37)49-53-55-56(54-49)50(39-22-12-5-13-23-39,40-24-14-6-15-25-40)41-26-16-7-17-27-41/h3-33H,2,34-35H2,1H3. The fourth-order valence-corrected chi connectivity index (χ4v) is 7.46. The third kappa shape index (κ3) is 7.19. The fraction of sp³-hybridized carbons (Fsp3) is 0.100. The highest BCUT2D eigenvalue weighted by molar-refractivity contribution is 5.82. The monoisotopic (exact) mass is 756 g/mol. The summed E-state index contributed by atoms with van der Waals surface area (Å²) < 4.78 is 12.7. The molecule has 0 aliphatic heterocycles. The Kier molecular flexibility index (Phi) is 10.2. The van der Waals surface area contributed by atoms with Crippen molar-refractivity contribution in [2.45, 2.75) is 32.1 Å². The molecule has 9 aromatic rings. The normalized spacial score (nSPS) is 11.4. The number of aromatic nitrogens is 6. The smallest absolute Gasteiger partial charge is 0.214 e. The number of ether oxygens (including phenoxy) is 2. The van der Waals surface area contributed by atoms with E-state index in [2.05, 4.69) is 73.7 Å². The summed E-state index contributed by atoms with van der Waals surface area (Å²) in [5.74, 6) is 1.65. The molecule has 0 saturated heterocycles. The molecule has 0 bridgehead atoms. The third-order valence-electron chi connectivity index (χ3n) is 10.3. The Balaban J connectivity index is 1.11. The molecule has 0 fully saturated rings. The lowest BCUT2D eigenvalue weighted by Gasteiger charge is -2.34. The first kappa shape index (κ1) is 36.2. The maximum atomic E-state index is 6.62. The molecule has 3 heterocycles. The first-order chi connectivity index (χ1) is 28.7. The maximum Gasteiger partial charge on any atom is 0.214 e. The molecule has 0 spiro atoms. The number of nitrogens with zero attached hydrogens (tertiary/aromatic N) is 6. The van der Waals surface area contributed by atoms with E-state index in [1.165, 1.54) is 0 Å². The van der Waals surface area contributed by atoms with Gasteiger partial charge in [0.25, 0.3) is 0 Å². The Morgan fingerprint density at radius 3 is 1.74 bits per heavy atom. The van der Waals surface area contributed by atoms with Crippen LogP contribution in [0.5, 0.6) is 11.6 Å². The van der Waals surface area contributed by atoms with Gasteiger partial charge in [-0.1, -0.05) is 171 Å². The van der Waals surface area contributed by atoms with Gasteiger partial charge in [-0.2, -0.15) is 0 Å². The fourth-order valence-electron chi connectivity index (χ4n) is 7.46. The summed E-state index contributed by atoms with van der Waals surface area (Å²) in [4.78, 5) is 11.5. The molecule has 0 N–H and O–H groups in total. The Morgan fingerprint density at radius 2 is 1.12 bits per heavy atom. The third-order valence-corrected chi connectivity index (χ3v) is 10.3. The van der Waals surface area contributed by atoms with Gasteiger partial charge in [-0.3, -0.25) is 4.98 Å². The van der Waals surface area contributed by atoms with Crippen LogP contribution in [0.3, 0.4) is 0 Å². The van der Waals surface area contributed by atoms with Crippen molar-refractivity contribution < 1.29 is 9.47 Å². The van der Waals surface area contributed by atoms with Crippen LogP contribution in [0.4, 0.5) is 0 Å². The van der Waals surface area contributed by atoms with Crippen molar-refractivity contribution in [3.8, 4) is 34.1 Å². The van der Waals surface area contributed by atoms with E-state index in [0.29, 0.717) is 29.6 Å². The highest BCUT2D eigenvalue weighted by Gasteiger charge is 2.41. The lowest BCUT2D eigenvalue weighted by Crippen LogP contribution is -2.39. The van der Waals surface area contributed by atoms with Gasteiger partial charge in [-0.15, -0.1) is 15.0 Å². The Morgan fingerprint density at radius 1 is 0.534 bits per heavy atom. The Bertz CT molecular complexity index is 2670. The molecule has 0 radical (unpaired) electrons. The molecular formula is C50H40N6O2. The second-order valence-corrected chi connectivity index (χ2v) is 14.0. The van der Waals surface area contributed by atoms with Crippen molar-refractivity contribution in [3.63, 3.8) is 0 Å². The van der Waals surface area contributed by atoms with Crippen molar-refractivity contribution in [1.82, 2.24) is 30.2 Å². The number of hydrogen-bond donors (Lipinski definition) is 0. The summed E-state index contributed by atoms with van der Waals surface area (Å²) in [6.45, 7) is 2.77. The zero-order valence-electron chi connectivity index (χ0n) is 32.0. The molecule has 0 atom stereocenters. The van der Waals surface area contributed by atoms with E-state index in [1.807, 2.05) is 121 Å². The van der Waals surface area contributed by atoms with E-state index in [0.717, 1.165) is 62.1 Å². The van der Waals surface area contributed by atoms with Crippen molar-refractivity contribution >= 4 is 11.0 Å². The highest BCUT2D eigenvalue weighted by Crippen LogP contribution is 2.41. The second-order valence-electron chi connectivity index (χ2n) is 14.0. The summed E-state index contributed by atoms with van der Waals surface area (Å²) in [5.41, 5.74) is 9.32. The first-order valence-corrected chi connectivity index (χ1v) is 19.4. The van der Waals surface area contributed by atoms with Gasteiger partial charge in [0, 0.05) is 23.4 Å². The van der Waals surface area contributed by atoms with E-state index in [1.54, 1.807) is 4.80 Å². The summed E-state index contributed by atoms with van der Waals surface area (Å²) in [5, 5.41) is 14.9. The SMILES string of the molecule is CCc1cc(OCc2ccc(-c3ccccc3)c(-c3nnn(C(c4ccccc4)(c4ccccc4)c4ccccc4)n3)c2)c2nc(OCc3ccccc3)ccc2n1. The maximum absolute atomic E-state index is 6.62. The van der Waals surface area contributed by atoms with Gasteiger partial charge >= 0.3 is 0 Å². The van der Waals surface area contributed by atoms with Gasteiger partial charge in [-0.05, 0) is 62.7 Å².